The van der Waals surface area contributed by atoms with Crippen molar-refractivity contribution in [1.82, 2.24) is 4.57 Å². The van der Waals surface area contributed by atoms with Crippen LogP contribution in [0.15, 0.2) is 23.0 Å². The summed E-state index contributed by atoms with van der Waals surface area (Å²) in [7, 11) is 2.81. The summed E-state index contributed by atoms with van der Waals surface area (Å²) in [6.45, 7) is 2.16. The average Bonchev–Trinajstić information content (AvgIpc) is 2.45. The van der Waals surface area contributed by atoms with Gasteiger partial charge in [-0.1, -0.05) is 0 Å². The van der Waals surface area contributed by atoms with Crippen LogP contribution in [-0.4, -0.2) is 23.7 Å². The monoisotopic (exact) mass is 278 g/mol. The van der Waals surface area contributed by atoms with Gasteiger partial charge >= 0.3 is 0 Å². The lowest BCUT2D eigenvalue weighted by molar-refractivity contribution is -0.384. The van der Waals surface area contributed by atoms with Crippen molar-refractivity contribution >= 4 is 16.6 Å². The van der Waals surface area contributed by atoms with E-state index in [2.05, 4.69) is 0 Å². The van der Waals surface area contributed by atoms with E-state index in [1.165, 1.54) is 30.9 Å². The molecule has 0 saturated carbocycles. The highest BCUT2D eigenvalue weighted by molar-refractivity contribution is 5.89. The minimum atomic E-state index is -0.499. The van der Waals surface area contributed by atoms with E-state index in [1.54, 1.807) is 13.0 Å². The van der Waals surface area contributed by atoms with Gasteiger partial charge < -0.3 is 14.0 Å². The van der Waals surface area contributed by atoms with Crippen LogP contribution in [0.5, 0.6) is 11.5 Å². The molecule has 106 valence electrons. The van der Waals surface area contributed by atoms with Gasteiger partial charge in [-0.15, -0.1) is 0 Å². The minimum absolute atomic E-state index is 0.0775. The van der Waals surface area contributed by atoms with Crippen molar-refractivity contribution in [2.45, 2.75) is 13.5 Å². The largest absolute Gasteiger partial charge is 0.492 e. The van der Waals surface area contributed by atoms with Crippen molar-refractivity contribution in [3.05, 3.63) is 38.7 Å². The summed E-state index contributed by atoms with van der Waals surface area (Å²) >= 11 is 0. The van der Waals surface area contributed by atoms with Crippen LogP contribution < -0.4 is 15.0 Å². The van der Waals surface area contributed by atoms with Crippen LogP contribution in [0.2, 0.25) is 0 Å². The van der Waals surface area contributed by atoms with E-state index >= 15 is 0 Å². The number of pyridine rings is 1. The normalized spacial score (nSPS) is 10.6. The number of ether oxygens (including phenoxy) is 2. The molecule has 0 N–H and O–H groups in total. The average molecular weight is 278 g/mol. The number of fused-ring (bicyclic) bond motifs is 1. The van der Waals surface area contributed by atoms with Crippen LogP contribution in [0.4, 0.5) is 5.69 Å². The summed E-state index contributed by atoms with van der Waals surface area (Å²) in [5.41, 5.74) is -0.00415. The SMILES string of the molecule is CCn1c(=O)c(OC)c(OC)c2ccc([N+](=O)[O-])cc21. The first-order valence-corrected chi connectivity index (χ1v) is 5.98. The Balaban J connectivity index is 2.97. The third-order valence-electron chi connectivity index (χ3n) is 3.10. The summed E-state index contributed by atoms with van der Waals surface area (Å²) in [6.07, 6.45) is 0. The van der Waals surface area contributed by atoms with Gasteiger partial charge in [0.1, 0.15) is 0 Å². The van der Waals surface area contributed by atoms with E-state index in [1.807, 2.05) is 0 Å². The molecule has 0 spiro atoms. The smallest absolute Gasteiger partial charge is 0.297 e. The van der Waals surface area contributed by atoms with Gasteiger partial charge in [0.05, 0.1) is 24.7 Å². The molecule has 2 rings (SSSR count). The van der Waals surface area contributed by atoms with Gasteiger partial charge in [0.2, 0.25) is 5.75 Å². The number of hydrogen-bond acceptors (Lipinski definition) is 5. The third kappa shape index (κ3) is 1.97. The van der Waals surface area contributed by atoms with Crippen molar-refractivity contribution < 1.29 is 14.4 Å². The van der Waals surface area contributed by atoms with Crippen LogP contribution >= 0.6 is 0 Å². The molecule has 0 bridgehead atoms. The van der Waals surface area contributed by atoms with Gasteiger partial charge in [-0.05, 0) is 13.0 Å². The molecule has 2 aromatic rings. The maximum atomic E-state index is 12.3. The molecule has 1 heterocycles. The van der Waals surface area contributed by atoms with E-state index in [-0.39, 0.29) is 22.7 Å². The highest BCUT2D eigenvalue weighted by Crippen LogP contribution is 2.33. The Kier molecular flexibility index (Phi) is 3.60. The lowest BCUT2D eigenvalue weighted by Crippen LogP contribution is -2.22. The number of nitrogens with zero attached hydrogens (tertiary/aromatic N) is 2. The first-order chi connectivity index (χ1) is 9.54. The molecular formula is C13H14N2O5. The second-order valence-electron chi connectivity index (χ2n) is 4.07. The number of aryl methyl sites for hydroxylation is 1. The Hall–Kier alpha value is -2.57. The molecule has 20 heavy (non-hydrogen) atoms. The van der Waals surface area contributed by atoms with Crippen LogP contribution in [-0.2, 0) is 6.54 Å². The molecule has 0 aliphatic carbocycles. The quantitative estimate of drug-likeness (QED) is 0.630. The highest BCUT2D eigenvalue weighted by Gasteiger charge is 2.19. The fourth-order valence-electron chi connectivity index (χ4n) is 2.20. The molecule has 0 aliphatic heterocycles. The molecular weight excluding hydrogens is 264 g/mol. The zero-order chi connectivity index (χ0) is 14.9. The molecule has 7 nitrogen and oxygen atoms in total. The Morgan fingerprint density at radius 3 is 2.40 bits per heavy atom. The number of non-ortho nitro benzene ring substituents is 1. The second-order valence-corrected chi connectivity index (χ2v) is 4.07. The predicted octanol–water partition coefficient (Wildman–Crippen LogP) is 1.95. The molecule has 0 atom stereocenters. The van der Waals surface area contributed by atoms with Crippen molar-refractivity contribution in [1.29, 1.82) is 0 Å². The lowest BCUT2D eigenvalue weighted by Gasteiger charge is -2.14. The summed E-state index contributed by atoms with van der Waals surface area (Å²) in [5, 5.41) is 11.5. The molecule has 1 aromatic heterocycles. The number of rotatable bonds is 4. The van der Waals surface area contributed by atoms with Crippen LogP contribution in [0.1, 0.15) is 6.92 Å². The Morgan fingerprint density at radius 2 is 1.90 bits per heavy atom. The zero-order valence-corrected chi connectivity index (χ0v) is 11.4. The standard InChI is InChI=1S/C13H14N2O5/c1-4-14-10-7-8(15(17)18)5-6-9(10)11(19-2)12(20-3)13(14)16/h5-7H,4H2,1-3H3. The Labute approximate surface area is 114 Å². The van der Waals surface area contributed by atoms with Gasteiger partial charge in [-0.25, -0.2) is 0 Å². The molecule has 0 fully saturated rings. The maximum Gasteiger partial charge on any atom is 0.297 e. The fourth-order valence-corrected chi connectivity index (χ4v) is 2.20. The van der Waals surface area contributed by atoms with Crippen molar-refractivity contribution in [2.24, 2.45) is 0 Å². The fraction of sp³-hybridized carbons (Fsp3) is 0.308. The number of methoxy groups -OCH3 is 2. The number of hydrogen-bond donors (Lipinski definition) is 0. The number of nitro benzene ring substituents is 1. The van der Waals surface area contributed by atoms with Crippen molar-refractivity contribution in [2.75, 3.05) is 14.2 Å². The summed E-state index contributed by atoms with van der Waals surface area (Å²) in [6, 6.07) is 4.29. The van der Waals surface area contributed by atoms with Crippen LogP contribution in [0.25, 0.3) is 10.9 Å². The predicted molar refractivity (Wildman–Crippen MR) is 73.6 cm³/mol. The van der Waals surface area contributed by atoms with Crippen molar-refractivity contribution in [3.8, 4) is 11.5 Å². The highest BCUT2D eigenvalue weighted by atomic mass is 16.6. The molecule has 0 unspecified atom stereocenters. The summed E-state index contributed by atoms with van der Waals surface area (Å²) in [5.74, 6) is 0.378. The van der Waals surface area contributed by atoms with Gasteiger partial charge in [0.25, 0.3) is 11.2 Å². The molecule has 7 heteroatoms. The number of benzene rings is 1. The van der Waals surface area contributed by atoms with E-state index in [9.17, 15) is 14.9 Å². The molecule has 0 aliphatic rings. The van der Waals surface area contributed by atoms with E-state index in [0.29, 0.717) is 17.4 Å². The maximum absolute atomic E-state index is 12.3. The van der Waals surface area contributed by atoms with Gasteiger partial charge in [0.15, 0.2) is 5.75 Å². The minimum Gasteiger partial charge on any atom is -0.492 e. The van der Waals surface area contributed by atoms with Gasteiger partial charge in [0, 0.05) is 24.1 Å². The summed E-state index contributed by atoms with van der Waals surface area (Å²) < 4.78 is 11.7. The Morgan fingerprint density at radius 1 is 1.25 bits per heavy atom. The van der Waals surface area contributed by atoms with Crippen LogP contribution in [0.3, 0.4) is 0 Å². The third-order valence-corrected chi connectivity index (χ3v) is 3.10. The van der Waals surface area contributed by atoms with Crippen molar-refractivity contribution in [3.63, 3.8) is 0 Å². The van der Waals surface area contributed by atoms with E-state index < -0.39 is 4.92 Å². The van der Waals surface area contributed by atoms with Gasteiger partial charge in [-0.2, -0.15) is 0 Å². The van der Waals surface area contributed by atoms with Crippen LogP contribution in [0, 0.1) is 10.1 Å². The number of nitro groups is 1. The van der Waals surface area contributed by atoms with E-state index in [4.69, 9.17) is 9.47 Å². The lowest BCUT2D eigenvalue weighted by atomic mass is 10.1. The molecule has 0 saturated heterocycles. The summed E-state index contributed by atoms with van der Waals surface area (Å²) in [4.78, 5) is 22.7. The first kappa shape index (κ1) is 13.9. The number of aromatic nitrogens is 1. The van der Waals surface area contributed by atoms with Gasteiger partial charge in [-0.3, -0.25) is 14.9 Å². The van der Waals surface area contributed by atoms with E-state index in [0.717, 1.165) is 0 Å². The molecule has 0 amide bonds. The molecule has 0 radical (unpaired) electrons. The first-order valence-electron chi connectivity index (χ1n) is 5.98. The molecule has 1 aromatic carbocycles. The topological polar surface area (TPSA) is 83.6 Å². The Bertz CT molecular complexity index is 736. The zero-order valence-electron chi connectivity index (χ0n) is 11.4. The second kappa shape index (κ2) is 5.20.